The van der Waals surface area contributed by atoms with Gasteiger partial charge in [-0.25, -0.2) is 9.13 Å². The summed E-state index contributed by atoms with van der Waals surface area (Å²) in [6.07, 6.45) is 107. The first-order chi connectivity index (χ1) is 53.2. The number of carbonyl (C=O) groups is 3. The van der Waals surface area contributed by atoms with Crippen molar-refractivity contribution in [1.82, 2.24) is 0 Å². The van der Waals surface area contributed by atoms with Gasteiger partial charge in [-0.2, -0.15) is 0 Å². The number of phosphoric acid groups is 2. The maximum absolute atomic E-state index is 13.0. The highest BCUT2D eigenvalue weighted by Crippen LogP contribution is 2.45. The number of aliphatic hydroxyl groups is 2. The van der Waals surface area contributed by atoms with Crippen LogP contribution in [0.4, 0.5) is 0 Å². The van der Waals surface area contributed by atoms with Crippen molar-refractivity contribution in [3.05, 3.63) is 182 Å². The lowest BCUT2D eigenvalue weighted by Gasteiger charge is -2.21. The van der Waals surface area contributed by atoms with Gasteiger partial charge in [0.1, 0.15) is 25.4 Å². The van der Waals surface area contributed by atoms with Crippen molar-refractivity contribution in [1.29, 1.82) is 0 Å². The van der Waals surface area contributed by atoms with Gasteiger partial charge in [-0.15, -0.1) is 0 Å². The average molecular weight is 1560 g/mol. The number of unbranched alkanes of at least 4 members (excludes halogenated alkanes) is 25. The molecule has 5 atom stereocenters. The maximum Gasteiger partial charge on any atom is 0.472 e. The second-order valence-corrected chi connectivity index (χ2v) is 30.4. The van der Waals surface area contributed by atoms with Gasteiger partial charge in [0.2, 0.25) is 0 Å². The van der Waals surface area contributed by atoms with Crippen molar-refractivity contribution in [2.75, 3.05) is 39.6 Å². The molecule has 0 fully saturated rings. The number of ether oxygens (including phenoxy) is 3. The van der Waals surface area contributed by atoms with Crippen LogP contribution in [0.15, 0.2) is 182 Å². The number of hydrogen-bond acceptors (Lipinski definition) is 14. The molecule has 0 bridgehead atoms. The Balaban J connectivity index is 4.54. The lowest BCUT2D eigenvalue weighted by atomic mass is 10.0. The molecule has 0 aromatic heterocycles. The zero-order valence-corrected chi connectivity index (χ0v) is 69.7. The molecule has 0 heterocycles. The molecule has 620 valence electrons. The first-order valence-electron chi connectivity index (χ1n) is 42.1. The number of allylic oxidation sites excluding steroid dienone is 30. The van der Waals surface area contributed by atoms with Gasteiger partial charge in [-0.05, 0) is 148 Å². The minimum absolute atomic E-state index is 0.0176. The van der Waals surface area contributed by atoms with Crippen LogP contribution in [0.5, 0.6) is 0 Å². The minimum atomic E-state index is -4.96. The summed E-state index contributed by atoms with van der Waals surface area (Å²) >= 11 is 0. The van der Waals surface area contributed by atoms with Gasteiger partial charge in [0, 0.05) is 19.3 Å². The fourth-order valence-electron chi connectivity index (χ4n) is 10.8. The Morgan fingerprint density at radius 3 is 0.752 bits per heavy atom. The Hall–Kier alpha value is -5.35. The third-order valence-electron chi connectivity index (χ3n) is 17.1. The SMILES string of the molecule is CC/C=C\C/C=C\C/C=C\C/C=C\C/C=C\CCCCCCCCCCCCCCCCCCCC(=O)OCC(O)COP(=O)(O)OCC(O)COP(=O)(O)OCC(COC(=O)CCCCCCCCC/C=C\C/C=C\C/C=C\C/C=C\C/C=C\CC)OC(=O)CCC/C=C\C/C=C\C/C=C\C/C=C\C/C=C\CC. The van der Waals surface area contributed by atoms with Gasteiger partial charge in [0.25, 0.3) is 0 Å². The quantitative estimate of drug-likeness (QED) is 0.0146. The Labute approximate surface area is 662 Å². The zero-order chi connectivity index (χ0) is 79.4. The molecule has 18 heteroatoms. The van der Waals surface area contributed by atoms with E-state index >= 15 is 0 Å². The third kappa shape index (κ3) is 83.4. The van der Waals surface area contributed by atoms with Crippen molar-refractivity contribution in [3.63, 3.8) is 0 Å². The summed E-state index contributed by atoms with van der Waals surface area (Å²) in [5.41, 5.74) is 0. The lowest BCUT2D eigenvalue weighted by Crippen LogP contribution is -2.30. The van der Waals surface area contributed by atoms with Gasteiger partial charge in [-0.3, -0.25) is 32.5 Å². The maximum atomic E-state index is 13.0. The van der Waals surface area contributed by atoms with Crippen molar-refractivity contribution < 1.29 is 75.8 Å². The molecule has 0 aromatic rings. The van der Waals surface area contributed by atoms with E-state index in [0.717, 1.165) is 161 Å². The molecule has 0 aliphatic heterocycles. The van der Waals surface area contributed by atoms with Crippen molar-refractivity contribution >= 4 is 33.6 Å². The number of carbonyl (C=O) groups excluding carboxylic acids is 3. The van der Waals surface area contributed by atoms with Crippen molar-refractivity contribution in [2.24, 2.45) is 0 Å². The normalized spacial score (nSPS) is 14.8. The molecule has 0 saturated carbocycles. The summed E-state index contributed by atoms with van der Waals surface area (Å²) in [5, 5.41) is 20.7. The average Bonchev–Trinajstić information content (AvgIpc) is 0.901. The highest BCUT2D eigenvalue weighted by Gasteiger charge is 2.29. The van der Waals surface area contributed by atoms with Gasteiger partial charge in [0.05, 0.1) is 26.4 Å². The van der Waals surface area contributed by atoms with Crippen LogP contribution in [-0.4, -0.2) is 95.9 Å². The van der Waals surface area contributed by atoms with E-state index in [2.05, 4.69) is 191 Å². The van der Waals surface area contributed by atoms with Crippen molar-refractivity contribution in [3.8, 4) is 0 Å². The first kappa shape index (κ1) is 104. The summed E-state index contributed by atoms with van der Waals surface area (Å²) in [7, 11) is -9.83. The smallest absolute Gasteiger partial charge is 0.463 e. The summed E-state index contributed by atoms with van der Waals surface area (Å²) in [6.45, 7) is 2.26. The third-order valence-corrected chi connectivity index (χ3v) is 19.0. The molecular formula is C91H150O16P2. The number of hydrogen-bond donors (Lipinski definition) is 4. The van der Waals surface area contributed by atoms with E-state index in [-0.39, 0.29) is 19.3 Å². The van der Waals surface area contributed by atoms with Crippen LogP contribution in [-0.2, 0) is 55.8 Å². The first-order valence-corrected chi connectivity index (χ1v) is 45.1. The Bertz CT molecular complexity index is 2710. The molecule has 16 nitrogen and oxygen atoms in total. The molecule has 5 unspecified atom stereocenters. The van der Waals surface area contributed by atoms with Crippen LogP contribution >= 0.6 is 15.6 Å². The van der Waals surface area contributed by atoms with Gasteiger partial charge in [-0.1, -0.05) is 331 Å². The van der Waals surface area contributed by atoms with Crippen LogP contribution < -0.4 is 0 Å². The summed E-state index contributed by atoms with van der Waals surface area (Å²) in [5.74, 6) is -1.66. The van der Waals surface area contributed by atoms with Gasteiger partial charge >= 0.3 is 33.6 Å². The minimum Gasteiger partial charge on any atom is -0.463 e. The van der Waals surface area contributed by atoms with Gasteiger partial charge < -0.3 is 34.2 Å². The van der Waals surface area contributed by atoms with E-state index in [9.17, 15) is 43.5 Å². The second kappa shape index (κ2) is 82.1. The molecule has 0 aliphatic rings. The van der Waals surface area contributed by atoms with Crippen LogP contribution in [0, 0.1) is 0 Å². The predicted octanol–water partition coefficient (Wildman–Crippen LogP) is 25.3. The standard InChI is InChI=1S/C91H150O16P2/c1-4-7-10-13-16-19-22-25-28-31-33-35-37-38-39-40-41-42-43-44-45-46-48-50-51-54-56-59-62-65-68-71-74-77-89(94)101-80-86(92)81-103-108(97,98)104-82-87(93)83-105-109(99,100)106-85-88(107-91(96)79-76-73-70-67-64-61-58-53-30-27-24-21-18-15-12-9-6-3)84-102-90(95)78-75-72-69-66-63-60-57-55-52-49-47-36-34-32-29-26-23-20-17-14-11-8-5-2/h7-12,16-21,25-30,33-36,38-39,49,52,58,61,67,70,86-88,92-93H,4-6,13-15,22-24,31-32,37,40-48,50-51,53-57,59-60,62-66,68-69,71-85H2,1-3H3,(H,97,98)(H,99,100)/b10-7-,11-8-,12-9-,19-16-,20-17-,21-18-,28-25-,29-26-,30-27-,35-33-,36-34-,39-38-,52-49-,61-58-,70-67-. The molecule has 0 aromatic carbocycles. The highest BCUT2D eigenvalue weighted by atomic mass is 31.2. The molecule has 4 N–H and O–H groups in total. The van der Waals surface area contributed by atoms with E-state index < -0.39 is 91.5 Å². The second-order valence-electron chi connectivity index (χ2n) is 27.5. The molecule has 0 saturated heterocycles. The largest absolute Gasteiger partial charge is 0.472 e. The van der Waals surface area contributed by atoms with E-state index in [1.807, 2.05) is 12.2 Å². The Morgan fingerprint density at radius 2 is 0.468 bits per heavy atom. The highest BCUT2D eigenvalue weighted by molar-refractivity contribution is 7.47. The van der Waals surface area contributed by atoms with Crippen LogP contribution in [0.1, 0.15) is 316 Å². The summed E-state index contributed by atoms with van der Waals surface area (Å²) in [6, 6.07) is 0. The number of esters is 3. The fourth-order valence-corrected chi connectivity index (χ4v) is 12.4. The number of phosphoric ester groups is 2. The molecule has 0 radical (unpaired) electrons. The zero-order valence-electron chi connectivity index (χ0n) is 67.9. The van der Waals surface area contributed by atoms with E-state index in [4.69, 9.17) is 32.3 Å². The van der Waals surface area contributed by atoms with Crippen LogP contribution in [0.3, 0.4) is 0 Å². The summed E-state index contributed by atoms with van der Waals surface area (Å²) < 4.78 is 61.2. The van der Waals surface area contributed by atoms with E-state index in [0.29, 0.717) is 25.7 Å². The number of rotatable bonds is 78. The lowest BCUT2D eigenvalue weighted by molar-refractivity contribution is -0.161. The Kier molecular flexibility index (Phi) is 78.1. The van der Waals surface area contributed by atoms with E-state index in [1.165, 1.54) is 89.9 Å². The van der Waals surface area contributed by atoms with Gasteiger partial charge in [0.15, 0.2) is 6.10 Å². The summed E-state index contributed by atoms with van der Waals surface area (Å²) in [4.78, 5) is 58.7. The van der Waals surface area contributed by atoms with Crippen molar-refractivity contribution in [2.45, 2.75) is 334 Å². The molecular weight excluding hydrogens is 1410 g/mol. The molecule has 109 heavy (non-hydrogen) atoms. The van der Waals surface area contributed by atoms with E-state index in [1.54, 1.807) is 0 Å². The number of aliphatic hydroxyl groups excluding tert-OH is 2. The molecule has 0 spiro atoms. The Morgan fingerprint density at radius 1 is 0.257 bits per heavy atom. The molecule has 0 amide bonds. The van der Waals surface area contributed by atoms with Crippen LogP contribution in [0.2, 0.25) is 0 Å². The topological polar surface area (TPSA) is 231 Å². The fraction of sp³-hybridized carbons (Fsp3) is 0.637. The predicted molar refractivity (Wildman–Crippen MR) is 454 cm³/mol. The molecule has 0 rings (SSSR count). The monoisotopic (exact) mass is 1560 g/mol. The molecule has 0 aliphatic carbocycles. The van der Waals surface area contributed by atoms with Crippen LogP contribution in [0.25, 0.3) is 0 Å².